The van der Waals surface area contributed by atoms with E-state index in [1.54, 1.807) is 0 Å². The summed E-state index contributed by atoms with van der Waals surface area (Å²) in [5.41, 5.74) is -0.749. The third-order valence-electron chi connectivity index (χ3n) is 19.1. The van der Waals surface area contributed by atoms with Gasteiger partial charge in [-0.15, -0.1) is 0 Å². The predicted octanol–water partition coefficient (Wildman–Crippen LogP) is 0.960. The van der Waals surface area contributed by atoms with E-state index < -0.39 is 121 Å². The Morgan fingerprint density at radius 1 is 0.712 bits per heavy atom. The van der Waals surface area contributed by atoms with Crippen LogP contribution in [0.4, 0.5) is 0 Å². The molecule has 7 fully saturated rings. The number of fused-ring (bicyclic) bond motifs is 7. The Bertz CT molecular complexity index is 1840. The number of carbonyl (C=O) groups is 2. The summed E-state index contributed by atoms with van der Waals surface area (Å²) >= 11 is 0. The fraction of sp³-hybridized carbons (Fsp3) is 0.917. The summed E-state index contributed by atoms with van der Waals surface area (Å²) in [5, 5.41) is 95.4. The molecule has 0 spiro atoms. The van der Waals surface area contributed by atoms with Gasteiger partial charge in [-0.25, -0.2) is 4.79 Å². The zero-order chi connectivity index (χ0) is 48.3. The van der Waals surface area contributed by atoms with E-state index in [0.29, 0.717) is 19.3 Å². The number of hydrogen-bond acceptors (Lipinski definition) is 18. The second-order valence-electron chi connectivity index (χ2n) is 23.2. The molecule has 0 aromatic carbocycles. The molecule has 0 amide bonds. The van der Waals surface area contributed by atoms with Crippen LogP contribution in [-0.4, -0.2) is 170 Å². The van der Waals surface area contributed by atoms with Gasteiger partial charge in [0.05, 0.1) is 31.8 Å². The van der Waals surface area contributed by atoms with Crippen molar-refractivity contribution in [3.63, 3.8) is 0 Å². The van der Waals surface area contributed by atoms with Crippen LogP contribution >= 0.6 is 0 Å². The van der Waals surface area contributed by atoms with Gasteiger partial charge < -0.3 is 79.1 Å². The van der Waals surface area contributed by atoms with Crippen molar-refractivity contribution in [1.29, 1.82) is 0 Å². The van der Waals surface area contributed by atoms with E-state index in [2.05, 4.69) is 54.5 Å². The van der Waals surface area contributed by atoms with Crippen LogP contribution in [0.15, 0.2) is 11.6 Å². The number of carbonyl (C=O) groups excluding carboxylic acids is 2. The van der Waals surface area contributed by atoms with Gasteiger partial charge in [-0.05, 0) is 109 Å². The minimum atomic E-state index is -1.77. The number of methoxy groups -OCH3 is 1. The minimum Gasteiger partial charge on any atom is -0.467 e. The number of aliphatic hydroxyl groups excluding tert-OH is 9. The van der Waals surface area contributed by atoms with Crippen LogP contribution in [0.5, 0.6) is 0 Å². The Kier molecular flexibility index (Phi) is 13.6. The highest BCUT2D eigenvalue weighted by Crippen LogP contribution is 2.76. The molecular formula is C48H76O18. The molecule has 0 unspecified atom stereocenters. The van der Waals surface area contributed by atoms with Gasteiger partial charge in [0.1, 0.15) is 61.0 Å². The molecule has 22 atom stereocenters. The largest absolute Gasteiger partial charge is 0.467 e. The fourth-order valence-corrected chi connectivity index (χ4v) is 14.9. The highest BCUT2D eigenvalue weighted by atomic mass is 16.7. The standard InChI is InChI=1S/C48H76O18/c1-43(2)15-17-48(42(59)66-40-33(55)31(53)30(52)25(20-49)62-40)18-16-46(6)22(23(48)19-43)9-10-27-45(5)13-12-28(44(3,4)26(45)11-14-47(27,46)7)63-41-35(57)36(34(56)37(65-41)38(58)60-8)64-39-32(54)29(51)24(50)21-61-39/h9,23-37,39-41,49-57H,10-21H2,1-8H3/t23-,24-,25+,26-,27+,28-,29-,30+,31-,32+,33+,34-,35+,36-,37-,39-,40-,41+,45-,46+,47+,48-/m1/s1. The number of hydrogen-bond donors (Lipinski definition) is 9. The van der Waals surface area contributed by atoms with Gasteiger partial charge in [0.25, 0.3) is 0 Å². The Labute approximate surface area is 386 Å². The lowest BCUT2D eigenvalue weighted by Crippen LogP contribution is -2.67. The van der Waals surface area contributed by atoms with E-state index in [4.69, 9.17) is 33.2 Å². The third kappa shape index (κ3) is 7.83. The smallest absolute Gasteiger partial charge is 0.337 e. The zero-order valence-corrected chi connectivity index (χ0v) is 39.7. The molecule has 3 saturated heterocycles. The van der Waals surface area contributed by atoms with Gasteiger partial charge in [0, 0.05) is 0 Å². The van der Waals surface area contributed by atoms with E-state index in [1.165, 1.54) is 5.57 Å². The second-order valence-corrected chi connectivity index (χ2v) is 23.2. The lowest BCUT2D eigenvalue weighted by molar-refractivity contribution is -0.357. The Morgan fingerprint density at radius 2 is 1.39 bits per heavy atom. The maximum absolute atomic E-state index is 14.7. The highest BCUT2D eigenvalue weighted by molar-refractivity contribution is 5.79. The van der Waals surface area contributed by atoms with Crippen LogP contribution in [0.1, 0.15) is 113 Å². The topological polar surface area (TPSA) is 281 Å². The van der Waals surface area contributed by atoms with E-state index in [-0.39, 0.29) is 46.0 Å². The summed E-state index contributed by atoms with van der Waals surface area (Å²) in [6, 6.07) is 0. The maximum atomic E-state index is 14.7. The van der Waals surface area contributed by atoms with E-state index in [0.717, 1.165) is 52.1 Å². The summed E-state index contributed by atoms with van der Waals surface area (Å²) in [5.74, 6) is -1.16. The van der Waals surface area contributed by atoms with Crippen molar-refractivity contribution in [3.05, 3.63) is 11.6 Å². The van der Waals surface area contributed by atoms with E-state index in [9.17, 15) is 55.5 Å². The zero-order valence-electron chi connectivity index (χ0n) is 39.7. The van der Waals surface area contributed by atoms with Crippen molar-refractivity contribution in [2.45, 2.75) is 205 Å². The van der Waals surface area contributed by atoms with E-state index in [1.807, 2.05) is 0 Å². The van der Waals surface area contributed by atoms with Gasteiger partial charge >= 0.3 is 11.9 Å². The van der Waals surface area contributed by atoms with Crippen molar-refractivity contribution in [1.82, 2.24) is 0 Å². The third-order valence-corrected chi connectivity index (χ3v) is 19.1. The summed E-state index contributed by atoms with van der Waals surface area (Å²) in [7, 11) is 1.13. The molecule has 376 valence electrons. The monoisotopic (exact) mass is 941 g/mol. The van der Waals surface area contributed by atoms with Gasteiger partial charge in [0.15, 0.2) is 18.7 Å². The molecule has 3 aliphatic heterocycles. The SMILES string of the molecule is COC(=O)[C@@H]1O[C@H](O[C@@H]2CC[C@]3(C)[C@H](CC[C@@]4(C)[C@H]3CC=C3[C@H]5CC(C)(C)CC[C@@]5(C(=O)O[C@H]5O[C@@H](CO)[C@H](O)[C@@H](O)[C@@H]5O)CC[C@@]34C)C2(C)C)[C@@H](O)[C@H](O[C@H]2OC[C@@H](O)[C@@H](O)[C@@H]2O)[C@H]1O. The molecule has 5 aliphatic carbocycles. The molecule has 3 heterocycles. The van der Waals surface area contributed by atoms with Crippen molar-refractivity contribution in [2.24, 2.45) is 50.2 Å². The second kappa shape index (κ2) is 17.8. The molecule has 9 N–H and O–H groups in total. The molecule has 0 bridgehead atoms. The summed E-state index contributed by atoms with van der Waals surface area (Å²) in [4.78, 5) is 27.6. The van der Waals surface area contributed by atoms with Gasteiger partial charge in [-0.2, -0.15) is 0 Å². The first-order chi connectivity index (χ1) is 30.8. The number of aliphatic hydroxyl groups is 9. The lowest BCUT2D eigenvalue weighted by Gasteiger charge is -2.71. The molecule has 4 saturated carbocycles. The molecule has 0 aromatic rings. The first kappa shape index (κ1) is 50.5. The van der Waals surface area contributed by atoms with Crippen molar-refractivity contribution < 1.29 is 88.7 Å². The average Bonchev–Trinajstić information content (AvgIpc) is 3.26. The van der Waals surface area contributed by atoms with Crippen molar-refractivity contribution >= 4 is 11.9 Å². The number of esters is 2. The quantitative estimate of drug-likeness (QED) is 0.0931. The van der Waals surface area contributed by atoms with Gasteiger partial charge in [-0.1, -0.05) is 60.1 Å². The molecular weight excluding hydrogens is 865 g/mol. The molecule has 66 heavy (non-hydrogen) atoms. The van der Waals surface area contributed by atoms with Crippen LogP contribution < -0.4 is 0 Å². The molecule has 0 aromatic heterocycles. The number of rotatable bonds is 8. The molecule has 8 rings (SSSR count). The predicted molar refractivity (Wildman–Crippen MR) is 229 cm³/mol. The fourth-order valence-electron chi connectivity index (χ4n) is 14.9. The summed E-state index contributed by atoms with van der Waals surface area (Å²) in [6.45, 7) is 15.0. The van der Waals surface area contributed by atoms with Gasteiger partial charge in [0.2, 0.25) is 6.29 Å². The van der Waals surface area contributed by atoms with Crippen LogP contribution in [0, 0.1) is 50.2 Å². The molecule has 8 aliphatic rings. The minimum absolute atomic E-state index is 0.0613. The first-order valence-electron chi connectivity index (χ1n) is 24.1. The van der Waals surface area contributed by atoms with Gasteiger partial charge in [-0.3, -0.25) is 4.79 Å². The van der Waals surface area contributed by atoms with Crippen LogP contribution in [0.3, 0.4) is 0 Å². The Hall–Kier alpha value is -1.88. The maximum Gasteiger partial charge on any atom is 0.337 e. The summed E-state index contributed by atoms with van der Waals surface area (Å²) < 4.78 is 40.5. The Balaban J connectivity index is 1.03. The highest BCUT2D eigenvalue weighted by Gasteiger charge is 2.70. The Morgan fingerprint density at radius 3 is 2.08 bits per heavy atom. The summed E-state index contributed by atoms with van der Waals surface area (Å²) in [6.07, 6.45) is -12.7. The van der Waals surface area contributed by atoms with E-state index >= 15 is 0 Å². The lowest BCUT2D eigenvalue weighted by atomic mass is 9.33. The normalized spacial score (nSPS) is 52.0. The van der Waals surface area contributed by atoms with Crippen LogP contribution in [-0.2, 0) is 42.7 Å². The average molecular weight is 941 g/mol. The number of ether oxygens (including phenoxy) is 7. The van der Waals surface area contributed by atoms with Crippen LogP contribution in [0.2, 0.25) is 0 Å². The van der Waals surface area contributed by atoms with Crippen molar-refractivity contribution in [3.8, 4) is 0 Å². The molecule has 18 nitrogen and oxygen atoms in total. The first-order valence-corrected chi connectivity index (χ1v) is 24.1. The molecule has 18 heteroatoms. The molecule has 0 radical (unpaired) electrons. The van der Waals surface area contributed by atoms with Crippen molar-refractivity contribution in [2.75, 3.05) is 20.3 Å². The number of allylic oxidation sites excluding steroid dienone is 2. The van der Waals surface area contributed by atoms with Crippen LogP contribution in [0.25, 0.3) is 0 Å².